The van der Waals surface area contributed by atoms with E-state index in [1.807, 2.05) is 0 Å². The highest BCUT2D eigenvalue weighted by Gasteiger charge is 2.38. The average Bonchev–Trinajstić information content (AvgIpc) is 3.08. The summed E-state index contributed by atoms with van der Waals surface area (Å²) in [4.78, 5) is 36.5. The molecular weight excluding hydrogens is 407 g/mol. The molecule has 0 saturated carbocycles. The Morgan fingerprint density at radius 2 is 1.97 bits per heavy atom. The molecular formula is C19H16F3N3O5. The zero-order chi connectivity index (χ0) is 22.1. The third kappa shape index (κ3) is 4.19. The highest BCUT2D eigenvalue weighted by molar-refractivity contribution is 6.04. The number of para-hydroxylation sites is 1. The third-order valence-electron chi connectivity index (χ3n) is 4.65. The standard InChI is InChI=1S/C19H16F3N3O5/c1-30-16-9-12(25(28)29)6-7-15(16)24-10-11(8-17(24)26)18(27)23-14-5-3-2-4-13(14)19(20,21)22/h2-7,9,11H,8,10H2,1H3,(H,23,27)/t11-/m1/s1. The number of carbonyl (C=O) groups is 2. The summed E-state index contributed by atoms with van der Waals surface area (Å²) in [5, 5.41) is 13.2. The summed E-state index contributed by atoms with van der Waals surface area (Å²) < 4.78 is 44.5. The van der Waals surface area contributed by atoms with Crippen LogP contribution in [0.15, 0.2) is 42.5 Å². The molecule has 1 N–H and O–H groups in total. The van der Waals surface area contributed by atoms with E-state index in [2.05, 4.69) is 5.32 Å². The summed E-state index contributed by atoms with van der Waals surface area (Å²) in [5.74, 6) is -2.02. The number of anilines is 2. The zero-order valence-electron chi connectivity index (χ0n) is 15.6. The summed E-state index contributed by atoms with van der Waals surface area (Å²) >= 11 is 0. The second kappa shape index (κ2) is 8.01. The molecule has 1 saturated heterocycles. The van der Waals surface area contributed by atoms with Crippen LogP contribution in [-0.4, -0.2) is 30.4 Å². The summed E-state index contributed by atoms with van der Waals surface area (Å²) in [7, 11) is 1.28. The van der Waals surface area contributed by atoms with E-state index in [0.717, 1.165) is 18.2 Å². The summed E-state index contributed by atoms with van der Waals surface area (Å²) in [5.41, 5.74) is -1.38. The molecule has 2 amide bonds. The number of methoxy groups -OCH3 is 1. The number of carbonyl (C=O) groups excluding carboxylic acids is 2. The maximum absolute atomic E-state index is 13.1. The van der Waals surface area contributed by atoms with Gasteiger partial charge in [-0.15, -0.1) is 0 Å². The number of nitrogens with zero attached hydrogens (tertiary/aromatic N) is 2. The minimum atomic E-state index is -4.65. The molecule has 8 nitrogen and oxygen atoms in total. The first-order valence-corrected chi connectivity index (χ1v) is 8.71. The van der Waals surface area contributed by atoms with Crippen LogP contribution >= 0.6 is 0 Å². The summed E-state index contributed by atoms with van der Waals surface area (Å²) in [6.07, 6.45) is -4.87. The van der Waals surface area contributed by atoms with Crippen LogP contribution in [0.1, 0.15) is 12.0 Å². The molecule has 2 aromatic rings. The Balaban J connectivity index is 1.80. The predicted octanol–water partition coefficient (Wildman–Crippen LogP) is 3.61. The number of nitro benzene ring substituents is 1. The lowest BCUT2D eigenvalue weighted by Crippen LogP contribution is -2.29. The number of benzene rings is 2. The van der Waals surface area contributed by atoms with Crippen molar-refractivity contribution in [1.29, 1.82) is 0 Å². The Bertz CT molecular complexity index is 1010. The van der Waals surface area contributed by atoms with Crippen molar-refractivity contribution in [1.82, 2.24) is 0 Å². The number of alkyl halides is 3. The molecule has 0 spiro atoms. The van der Waals surface area contributed by atoms with E-state index in [1.165, 1.54) is 36.3 Å². The Labute approximate surface area is 168 Å². The van der Waals surface area contributed by atoms with Crippen LogP contribution in [0.2, 0.25) is 0 Å². The quantitative estimate of drug-likeness (QED) is 0.585. The van der Waals surface area contributed by atoms with Gasteiger partial charge in [-0.2, -0.15) is 13.2 Å². The fraction of sp³-hybridized carbons (Fsp3) is 0.263. The van der Waals surface area contributed by atoms with Gasteiger partial charge in [0.25, 0.3) is 5.69 Å². The second-order valence-corrected chi connectivity index (χ2v) is 6.55. The highest BCUT2D eigenvalue weighted by atomic mass is 19.4. The highest BCUT2D eigenvalue weighted by Crippen LogP contribution is 2.37. The Morgan fingerprint density at radius 1 is 1.27 bits per heavy atom. The number of ether oxygens (including phenoxy) is 1. The molecule has 1 aliphatic rings. The van der Waals surface area contributed by atoms with Crippen LogP contribution in [0.25, 0.3) is 0 Å². The van der Waals surface area contributed by atoms with Crippen molar-refractivity contribution in [2.75, 3.05) is 23.9 Å². The number of amides is 2. The maximum Gasteiger partial charge on any atom is 0.418 e. The van der Waals surface area contributed by atoms with Crippen LogP contribution in [0.3, 0.4) is 0 Å². The SMILES string of the molecule is COc1cc([N+](=O)[O-])ccc1N1C[C@H](C(=O)Nc2ccccc2C(F)(F)F)CC1=O. The van der Waals surface area contributed by atoms with E-state index in [-0.39, 0.29) is 30.1 Å². The largest absolute Gasteiger partial charge is 0.494 e. The fourth-order valence-corrected chi connectivity index (χ4v) is 3.19. The smallest absolute Gasteiger partial charge is 0.418 e. The van der Waals surface area contributed by atoms with Gasteiger partial charge in [-0.3, -0.25) is 19.7 Å². The lowest BCUT2D eigenvalue weighted by Gasteiger charge is -2.19. The van der Waals surface area contributed by atoms with Gasteiger partial charge in [-0.25, -0.2) is 0 Å². The minimum Gasteiger partial charge on any atom is -0.494 e. The summed E-state index contributed by atoms with van der Waals surface area (Å²) in [6, 6.07) is 8.22. The van der Waals surface area contributed by atoms with Gasteiger partial charge in [0.15, 0.2) is 0 Å². The van der Waals surface area contributed by atoms with E-state index >= 15 is 0 Å². The number of nitrogens with one attached hydrogen (secondary N) is 1. The molecule has 3 rings (SSSR count). The molecule has 0 unspecified atom stereocenters. The Morgan fingerprint density at radius 3 is 2.60 bits per heavy atom. The number of non-ortho nitro benzene ring substituents is 1. The van der Waals surface area contributed by atoms with Gasteiger partial charge in [0, 0.05) is 19.0 Å². The van der Waals surface area contributed by atoms with Crippen LogP contribution in [0, 0.1) is 16.0 Å². The zero-order valence-corrected chi connectivity index (χ0v) is 15.6. The Hall–Kier alpha value is -3.63. The van der Waals surface area contributed by atoms with Crippen LogP contribution in [0.5, 0.6) is 5.75 Å². The van der Waals surface area contributed by atoms with Gasteiger partial charge in [-0.05, 0) is 18.2 Å². The van der Waals surface area contributed by atoms with E-state index in [0.29, 0.717) is 0 Å². The first kappa shape index (κ1) is 21.1. The number of nitro groups is 1. The average molecular weight is 423 g/mol. The molecule has 0 bridgehead atoms. The van der Waals surface area contributed by atoms with Crippen LogP contribution < -0.4 is 15.0 Å². The van der Waals surface area contributed by atoms with Crippen molar-refractivity contribution in [3.05, 3.63) is 58.1 Å². The Kier molecular flexibility index (Phi) is 5.63. The van der Waals surface area contributed by atoms with Crippen molar-refractivity contribution >= 4 is 28.9 Å². The number of halogens is 3. The molecule has 2 aromatic carbocycles. The van der Waals surface area contributed by atoms with E-state index < -0.39 is 40.1 Å². The molecule has 1 fully saturated rings. The summed E-state index contributed by atoms with van der Waals surface area (Å²) in [6.45, 7) is -0.104. The van der Waals surface area contributed by atoms with Crippen molar-refractivity contribution in [2.24, 2.45) is 5.92 Å². The van der Waals surface area contributed by atoms with Gasteiger partial charge >= 0.3 is 6.18 Å². The molecule has 11 heteroatoms. The van der Waals surface area contributed by atoms with Gasteiger partial charge in [-0.1, -0.05) is 12.1 Å². The van der Waals surface area contributed by atoms with Crippen molar-refractivity contribution in [2.45, 2.75) is 12.6 Å². The first-order valence-electron chi connectivity index (χ1n) is 8.71. The maximum atomic E-state index is 13.1. The lowest BCUT2D eigenvalue weighted by atomic mass is 10.1. The van der Waals surface area contributed by atoms with Crippen molar-refractivity contribution in [3.8, 4) is 5.75 Å². The molecule has 30 heavy (non-hydrogen) atoms. The van der Waals surface area contributed by atoms with Gasteiger partial charge in [0.05, 0.1) is 41.0 Å². The minimum absolute atomic E-state index is 0.0704. The van der Waals surface area contributed by atoms with Crippen molar-refractivity contribution < 1.29 is 32.4 Å². The lowest BCUT2D eigenvalue weighted by molar-refractivity contribution is -0.384. The van der Waals surface area contributed by atoms with Crippen molar-refractivity contribution in [3.63, 3.8) is 0 Å². The monoisotopic (exact) mass is 423 g/mol. The van der Waals surface area contributed by atoms with Gasteiger partial charge in [0.2, 0.25) is 11.8 Å². The predicted molar refractivity (Wildman–Crippen MR) is 100 cm³/mol. The van der Waals surface area contributed by atoms with E-state index in [4.69, 9.17) is 4.74 Å². The number of rotatable bonds is 5. The second-order valence-electron chi connectivity index (χ2n) is 6.55. The molecule has 1 aliphatic heterocycles. The molecule has 1 heterocycles. The van der Waals surface area contributed by atoms with Gasteiger partial charge in [0.1, 0.15) is 5.75 Å². The molecule has 0 aliphatic carbocycles. The molecule has 1 atom stereocenters. The third-order valence-corrected chi connectivity index (χ3v) is 4.65. The van der Waals surface area contributed by atoms with E-state index in [9.17, 15) is 32.9 Å². The normalized spacial score (nSPS) is 16.5. The van der Waals surface area contributed by atoms with Crippen LogP contribution in [0.4, 0.5) is 30.2 Å². The molecule has 0 aromatic heterocycles. The first-order chi connectivity index (χ1) is 14.1. The topological polar surface area (TPSA) is 102 Å². The van der Waals surface area contributed by atoms with E-state index in [1.54, 1.807) is 0 Å². The molecule has 158 valence electrons. The molecule has 0 radical (unpaired) electrons. The number of hydrogen-bond donors (Lipinski definition) is 1. The van der Waals surface area contributed by atoms with Crippen LogP contribution in [-0.2, 0) is 15.8 Å². The van der Waals surface area contributed by atoms with Gasteiger partial charge < -0.3 is 15.0 Å². The fourth-order valence-electron chi connectivity index (χ4n) is 3.19. The number of hydrogen-bond acceptors (Lipinski definition) is 5.